The van der Waals surface area contributed by atoms with E-state index in [9.17, 15) is 26.4 Å². The van der Waals surface area contributed by atoms with E-state index in [0.717, 1.165) is 21.4 Å². The van der Waals surface area contributed by atoms with Crippen molar-refractivity contribution in [2.75, 3.05) is 16.6 Å². The molecule has 0 bridgehead atoms. The van der Waals surface area contributed by atoms with E-state index >= 15 is 0 Å². The number of anilines is 1. The molecule has 25 heavy (non-hydrogen) atoms. The molecule has 0 atom stereocenters. The molecular weight excluding hydrogens is 379 g/mol. The van der Waals surface area contributed by atoms with Crippen LogP contribution >= 0.6 is 11.3 Å². The lowest BCUT2D eigenvalue weighted by Gasteiger charge is -2.24. The van der Waals surface area contributed by atoms with Crippen LogP contribution in [0.4, 0.5) is 18.2 Å². The maximum Gasteiger partial charge on any atom is 0.390 e. The van der Waals surface area contributed by atoms with Gasteiger partial charge >= 0.3 is 12.1 Å². The molecule has 1 aromatic heterocycles. The van der Waals surface area contributed by atoms with Gasteiger partial charge in [0.15, 0.2) is 0 Å². The lowest BCUT2D eigenvalue weighted by molar-refractivity contribution is -0.136. The summed E-state index contributed by atoms with van der Waals surface area (Å²) in [5.41, 5.74) is 0.557. The van der Waals surface area contributed by atoms with Crippen LogP contribution in [0.3, 0.4) is 0 Å². The van der Waals surface area contributed by atoms with Gasteiger partial charge in [0.1, 0.15) is 5.00 Å². The summed E-state index contributed by atoms with van der Waals surface area (Å²) in [6.07, 6.45) is -6.51. The highest BCUT2D eigenvalue weighted by Gasteiger charge is 2.33. The van der Waals surface area contributed by atoms with Gasteiger partial charge in [0.2, 0.25) is 10.0 Å². The second-order valence-electron chi connectivity index (χ2n) is 5.43. The summed E-state index contributed by atoms with van der Waals surface area (Å²) in [7, 11) is -4.20. The van der Waals surface area contributed by atoms with E-state index in [-0.39, 0.29) is 5.00 Å². The summed E-state index contributed by atoms with van der Waals surface area (Å²) in [4.78, 5) is 10.7. The van der Waals surface area contributed by atoms with Crippen LogP contribution in [0, 0.1) is 6.92 Å². The second kappa shape index (κ2) is 7.20. The van der Waals surface area contributed by atoms with Crippen molar-refractivity contribution in [1.29, 1.82) is 0 Å². The largest absolute Gasteiger partial charge is 0.481 e. The number of benzene rings is 1. The van der Waals surface area contributed by atoms with Gasteiger partial charge in [-0.15, -0.1) is 11.3 Å². The third-order valence-electron chi connectivity index (χ3n) is 3.55. The van der Waals surface area contributed by atoms with Crippen LogP contribution in [-0.2, 0) is 14.8 Å². The second-order valence-corrected chi connectivity index (χ2v) is 8.47. The van der Waals surface area contributed by atoms with Crippen LogP contribution in [0.1, 0.15) is 18.4 Å². The van der Waals surface area contributed by atoms with Crippen LogP contribution in [0.15, 0.2) is 24.3 Å². The molecule has 0 aliphatic rings. The van der Waals surface area contributed by atoms with Crippen LogP contribution < -0.4 is 4.31 Å². The van der Waals surface area contributed by atoms with Crippen molar-refractivity contribution >= 4 is 42.4 Å². The zero-order valence-electron chi connectivity index (χ0n) is 13.2. The van der Waals surface area contributed by atoms with Gasteiger partial charge in [0.25, 0.3) is 0 Å². The molecule has 0 unspecified atom stereocenters. The number of hydrogen-bond donors (Lipinski definition) is 1. The molecule has 0 fully saturated rings. The number of hydrogen-bond acceptors (Lipinski definition) is 4. The first kappa shape index (κ1) is 19.5. The minimum Gasteiger partial charge on any atom is -0.481 e. The number of halogens is 3. The first-order chi connectivity index (χ1) is 11.5. The average Bonchev–Trinajstić information content (AvgIpc) is 2.82. The Labute approximate surface area is 146 Å². The van der Waals surface area contributed by atoms with Gasteiger partial charge < -0.3 is 5.11 Å². The third-order valence-corrected chi connectivity index (χ3v) is 6.72. The Morgan fingerprint density at radius 1 is 1.28 bits per heavy atom. The van der Waals surface area contributed by atoms with E-state index in [4.69, 9.17) is 5.11 Å². The van der Waals surface area contributed by atoms with E-state index in [2.05, 4.69) is 0 Å². The fourth-order valence-electron chi connectivity index (χ4n) is 2.32. The Hall–Kier alpha value is -1.81. The smallest absolute Gasteiger partial charge is 0.390 e. The molecule has 0 aliphatic carbocycles. The number of carboxylic acid groups (broad SMARTS) is 1. The van der Waals surface area contributed by atoms with Crippen LogP contribution in [0.5, 0.6) is 0 Å². The van der Waals surface area contributed by atoms with Crippen molar-refractivity contribution < 1.29 is 31.5 Å². The van der Waals surface area contributed by atoms with Gasteiger partial charge in [-0.1, -0.05) is 18.2 Å². The fraction of sp³-hybridized carbons (Fsp3) is 0.400. The van der Waals surface area contributed by atoms with E-state index in [1.807, 2.05) is 0 Å². The fourth-order valence-corrected chi connectivity index (χ4v) is 5.33. The zero-order valence-corrected chi connectivity index (χ0v) is 14.8. The molecule has 2 aromatic rings. The maximum absolute atomic E-state index is 12.6. The number of rotatable bonds is 7. The van der Waals surface area contributed by atoms with Gasteiger partial charge in [-0.05, 0) is 23.9 Å². The summed E-state index contributed by atoms with van der Waals surface area (Å²) in [5, 5.41) is 9.64. The summed E-state index contributed by atoms with van der Waals surface area (Å²) in [5.74, 6) is -2.08. The van der Waals surface area contributed by atoms with E-state index in [1.165, 1.54) is 0 Å². The molecule has 0 aliphatic heterocycles. The molecule has 10 heteroatoms. The van der Waals surface area contributed by atoms with Crippen molar-refractivity contribution in [3.63, 3.8) is 0 Å². The third kappa shape index (κ3) is 4.85. The molecule has 1 N–H and O–H groups in total. The summed E-state index contributed by atoms with van der Waals surface area (Å²) < 4.78 is 64.3. The van der Waals surface area contributed by atoms with Crippen molar-refractivity contribution in [3.8, 4) is 0 Å². The predicted octanol–water partition coefficient (Wildman–Crippen LogP) is 3.77. The Morgan fingerprint density at radius 3 is 2.48 bits per heavy atom. The molecule has 0 amide bonds. The summed E-state index contributed by atoms with van der Waals surface area (Å²) >= 11 is 1.08. The normalized spacial score (nSPS) is 12.5. The Bertz CT molecular complexity index is 875. The number of nitrogens with zero attached hydrogens (tertiary/aromatic N) is 1. The molecule has 0 saturated heterocycles. The predicted molar refractivity (Wildman–Crippen MR) is 90.6 cm³/mol. The molecular formula is C15H16F3NO4S2. The molecule has 0 saturated carbocycles. The monoisotopic (exact) mass is 395 g/mol. The molecule has 5 nitrogen and oxygen atoms in total. The minimum absolute atomic E-state index is 0.191. The van der Waals surface area contributed by atoms with Crippen molar-refractivity contribution in [3.05, 3.63) is 29.8 Å². The van der Waals surface area contributed by atoms with Crippen LogP contribution in [-0.4, -0.2) is 38.0 Å². The van der Waals surface area contributed by atoms with Crippen LogP contribution in [0.2, 0.25) is 0 Å². The lowest BCUT2D eigenvalue weighted by Crippen LogP contribution is -2.36. The molecule has 0 spiro atoms. The highest BCUT2D eigenvalue weighted by Crippen LogP contribution is 2.39. The molecule has 0 radical (unpaired) electrons. The standard InChI is InChI=1S/C15H16F3NO4S2/c1-10-11-4-2-3-5-12(11)24-14(10)19(8-7-15(16,17)18)25(22,23)9-6-13(20)21/h2-5H,6-9H2,1H3,(H,20,21). The first-order valence-electron chi connectivity index (χ1n) is 7.28. The zero-order chi connectivity index (χ0) is 18.8. The van der Waals surface area contributed by atoms with Crippen molar-refractivity contribution in [1.82, 2.24) is 0 Å². The number of alkyl halides is 3. The number of aliphatic carboxylic acids is 1. The number of carboxylic acids is 1. The van der Waals surface area contributed by atoms with Crippen molar-refractivity contribution in [2.24, 2.45) is 0 Å². The summed E-state index contributed by atoms with van der Waals surface area (Å²) in [6, 6.07) is 7.02. The topological polar surface area (TPSA) is 74.7 Å². The quantitative estimate of drug-likeness (QED) is 0.774. The maximum atomic E-state index is 12.6. The highest BCUT2D eigenvalue weighted by atomic mass is 32.2. The van der Waals surface area contributed by atoms with Gasteiger partial charge in [-0.2, -0.15) is 13.2 Å². The van der Waals surface area contributed by atoms with Gasteiger partial charge in [0, 0.05) is 11.2 Å². The lowest BCUT2D eigenvalue weighted by atomic mass is 10.2. The highest BCUT2D eigenvalue weighted by molar-refractivity contribution is 7.93. The molecule has 1 aromatic carbocycles. The van der Waals surface area contributed by atoms with E-state index in [1.54, 1.807) is 31.2 Å². The Balaban J connectivity index is 2.45. The number of thiophene rings is 1. The van der Waals surface area contributed by atoms with Gasteiger partial charge in [-0.25, -0.2) is 8.42 Å². The number of aryl methyl sites for hydroxylation is 1. The Kier molecular flexibility index (Phi) is 5.62. The number of sulfonamides is 1. The first-order valence-corrected chi connectivity index (χ1v) is 9.71. The van der Waals surface area contributed by atoms with Crippen molar-refractivity contribution in [2.45, 2.75) is 25.9 Å². The number of fused-ring (bicyclic) bond motifs is 1. The van der Waals surface area contributed by atoms with E-state index < -0.39 is 47.3 Å². The molecule has 1 heterocycles. The minimum atomic E-state index is -4.52. The Morgan fingerprint density at radius 2 is 1.92 bits per heavy atom. The van der Waals surface area contributed by atoms with Crippen LogP contribution in [0.25, 0.3) is 10.1 Å². The van der Waals surface area contributed by atoms with Gasteiger partial charge in [-0.3, -0.25) is 9.10 Å². The SMILES string of the molecule is Cc1c(N(CCC(F)(F)F)S(=O)(=O)CCC(=O)O)sc2ccccc12. The van der Waals surface area contributed by atoms with Gasteiger partial charge in [0.05, 0.1) is 18.6 Å². The average molecular weight is 395 g/mol. The van der Waals surface area contributed by atoms with E-state index in [0.29, 0.717) is 9.87 Å². The number of carbonyl (C=O) groups is 1. The molecule has 2 rings (SSSR count). The summed E-state index contributed by atoms with van der Waals surface area (Å²) in [6.45, 7) is 0.862. The molecule has 138 valence electrons.